The number of aromatic hydroxyl groups is 2. The topological polar surface area (TPSA) is 70.7 Å². The van der Waals surface area contributed by atoms with Crippen molar-refractivity contribution in [1.29, 1.82) is 0 Å². The lowest BCUT2D eigenvalue weighted by molar-refractivity contribution is 0.441. The average molecular weight is 364 g/mol. The molecular formula is C11H8Br2O4. The van der Waals surface area contributed by atoms with E-state index in [0.29, 0.717) is 16.5 Å². The predicted molar refractivity (Wildman–Crippen MR) is 70.7 cm³/mol. The van der Waals surface area contributed by atoms with Gasteiger partial charge in [-0.2, -0.15) is 0 Å². The van der Waals surface area contributed by atoms with E-state index in [1.54, 1.807) is 13.8 Å². The summed E-state index contributed by atoms with van der Waals surface area (Å²) in [6, 6.07) is 0. The fraction of sp³-hybridized carbons (Fsp3) is 0.182. The molecule has 0 aliphatic heterocycles. The number of aryl methyl sites for hydroxylation is 2. The summed E-state index contributed by atoms with van der Waals surface area (Å²) in [6.45, 7) is 3.30. The smallest absolute Gasteiger partial charge is 0.350 e. The molecule has 0 saturated heterocycles. The second kappa shape index (κ2) is 4.03. The molecule has 0 spiro atoms. The first-order valence-electron chi connectivity index (χ1n) is 4.69. The van der Waals surface area contributed by atoms with Gasteiger partial charge in [0, 0.05) is 5.56 Å². The summed E-state index contributed by atoms with van der Waals surface area (Å²) in [4.78, 5) is 11.5. The summed E-state index contributed by atoms with van der Waals surface area (Å²) >= 11 is 6.20. The standard InChI is InChI=1S/C11H8Br2O4/c1-3-5-9(15)7(13)8(14)4(2)10(5)17-11(16)6(3)12/h14-15H,1-2H3. The molecular weight excluding hydrogens is 356 g/mol. The zero-order valence-electron chi connectivity index (χ0n) is 8.97. The van der Waals surface area contributed by atoms with Gasteiger partial charge in [-0.3, -0.25) is 0 Å². The molecule has 2 N–H and O–H groups in total. The van der Waals surface area contributed by atoms with Crippen molar-refractivity contribution < 1.29 is 14.6 Å². The molecule has 0 radical (unpaired) electrons. The van der Waals surface area contributed by atoms with Gasteiger partial charge in [0.25, 0.3) is 0 Å². The molecule has 1 heterocycles. The van der Waals surface area contributed by atoms with Crippen molar-refractivity contribution in [2.24, 2.45) is 0 Å². The zero-order valence-corrected chi connectivity index (χ0v) is 12.1. The number of fused-ring (bicyclic) bond motifs is 1. The van der Waals surface area contributed by atoms with E-state index in [-0.39, 0.29) is 26.0 Å². The molecule has 17 heavy (non-hydrogen) atoms. The minimum Gasteiger partial charge on any atom is -0.506 e. The largest absolute Gasteiger partial charge is 0.506 e. The maximum absolute atomic E-state index is 11.5. The second-order valence-electron chi connectivity index (χ2n) is 3.67. The van der Waals surface area contributed by atoms with Gasteiger partial charge >= 0.3 is 5.63 Å². The van der Waals surface area contributed by atoms with Crippen molar-refractivity contribution in [3.63, 3.8) is 0 Å². The van der Waals surface area contributed by atoms with Gasteiger partial charge in [0.05, 0.1) is 5.39 Å². The van der Waals surface area contributed by atoms with Gasteiger partial charge in [-0.25, -0.2) is 4.79 Å². The molecule has 0 unspecified atom stereocenters. The van der Waals surface area contributed by atoms with E-state index in [4.69, 9.17) is 4.42 Å². The van der Waals surface area contributed by atoms with Crippen LogP contribution in [0.1, 0.15) is 11.1 Å². The highest BCUT2D eigenvalue weighted by Gasteiger charge is 2.20. The van der Waals surface area contributed by atoms with Crippen LogP contribution >= 0.6 is 31.9 Å². The Hall–Kier alpha value is -1.01. The molecule has 0 amide bonds. The maximum atomic E-state index is 11.5. The first-order chi connectivity index (χ1) is 7.86. The Morgan fingerprint density at radius 3 is 2.18 bits per heavy atom. The van der Waals surface area contributed by atoms with Gasteiger partial charge in [0.15, 0.2) is 0 Å². The molecule has 2 aromatic rings. The van der Waals surface area contributed by atoms with Gasteiger partial charge in [-0.1, -0.05) is 0 Å². The highest BCUT2D eigenvalue weighted by atomic mass is 79.9. The SMILES string of the molecule is Cc1c(O)c(Br)c(O)c2c(C)c(Br)c(=O)oc12. The predicted octanol–water partition coefficient (Wildman–Crippen LogP) is 3.35. The molecule has 0 saturated carbocycles. The van der Waals surface area contributed by atoms with Gasteiger partial charge in [0.1, 0.15) is 26.0 Å². The lowest BCUT2D eigenvalue weighted by atomic mass is 10.1. The van der Waals surface area contributed by atoms with E-state index in [1.165, 1.54) is 0 Å². The van der Waals surface area contributed by atoms with Crippen LogP contribution in [0.25, 0.3) is 11.0 Å². The van der Waals surface area contributed by atoms with Crippen LogP contribution < -0.4 is 5.63 Å². The Kier molecular flexibility index (Phi) is 2.95. The Labute approximate surface area is 113 Å². The highest BCUT2D eigenvalue weighted by molar-refractivity contribution is 9.11. The van der Waals surface area contributed by atoms with Crippen LogP contribution in [0.4, 0.5) is 0 Å². The Bertz CT molecular complexity index is 688. The molecule has 0 atom stereocenters. The second-order valence-corrected chi connectivity index (χ2v) is 5.25. The minimum absolute atomic E-state index is 0.139. The number of halogens is 2. The third-order valence-electron chi connectivity index (χ3n) is 2.65. The van der Waals surface area contributed by atoms with Gasteiger partial charge in [-0.15, -0.1) is 0 Å². The quantitative estimate of drug-likeness (QED) is 0.704. The maximum Gasteiger partial charge on any atom is 0.350 e. The number of hydrogen-bond acceptors (Lipinski definition) is 4. The molecule has 0 bridgehead atoms. The summed E-state index contributed by atoms with van der Waals surface area (Å²) < 4.78 is 5.53. The van der Waals surface area contributed by atoms with Crippen molar-refractivity contribution in [1.82, 2.24) is 0 Å². The van der Waals surface area contributed by atoms with E-state index >= 15 is 0 Å². The van der Waals surface area contributed by atoms with Crippen LogP contribution in [0.5, 0.6) is 11.5 Å². The van der Waals surface area contributed by atoms with Crippen LogP contribution in [0.2, 0.25) is 0 Å². The fourth-order valence-electron chi connectivity index (χ4n) is 1.66. The van der Waals surface area contributed by atoms with Crippen LogP contribution in [0, 0.1) is 13.8 Å². The third-order valence-corrected chi connectivity index (χ3v) is 4.32. The lowest BCUT2D eigenvalue weighted by Gasteiger charge is -2.11. The highest BCUT2D eigenvalue weighted by Crippen LogP contribution is 2.44. The van der Waals surface area contributed by atoms with E-state index in [2.05, 4.69) is 31.9 Å². The Morgan fingerprint density at radius 1 is 1.00 bits per heavy atom. The molecule has 4 nitrogen and oxygen atoms in total. The molecule has 0 aliphatic rings. The van der Waals surface area contributed by atoms with Crippen molar-refractivity contribution in [2.75, 3.05) is 0 Å². The number of phenols is 2. The molecule has 6 heteroatoms. The van der Waals surface area contributed by atoms with Crippen molar-refractivity contribution >= 4 is 42.8 Å². The van der Waals surface area contributed by atoms with Crippen LogP contribution in [0.15, 0.2) is 18.2 Å². The van der Waals surface area contributed by atoms with Gasteiger partial charge < -0.3 is 14.6 Å². The first kappa shape index (κ1) is 12.4. The average Bonchev–Trinajstić information content (AvgIpc) is 2.30. The van der Waals surface area contributed by atoms with Gasteiger partial charge in [-0.05, 0) is 51.3 Å². The zero-order chi connectivity index (χ0) is 12.9. The number of phenolic OH excluding ortho intramolecular Hbond substituents is 2. The van der Waals surface area contributed by atoms with Crippen LogP contribution in [-0.4, -0.2) is 10.2 Å². The van der Waals surface area contributed by atoms with E-state index < -0.39 is 5.63 Å². The molecule has 0 aliphatic carbocycles. The summed E-state index contributed by atoms with van der Waals surface area (Å²) in [5.41, 5.74) is 0.614. The van der Waals surface area contributed by atoms with Crippen molar-refractivity contribution in [3.8, 4) is 11.5 Å². The molecule has 2 rings (SSSR count). The fourth-order valence-corrected chi connectivity index (χ4v) is 2.44. The normalized spacial score (nSPS) is 11.1. The molecule has 1 aromatic carbocycles. The van der Waals surface area contributed by atoms with Crippen molar-refractivity contribution in [2.45, 2.75) is 13.8 Å². The number of benzene rings is 1. The number of hydrogen-bond donors (Lipinski definition) is 2. The van der Waals surface area contributed by atoms with E-state index in [1.807, 2.05) is 0 Å². The summed E-state index contributed by atoms with van der Waals surface area (Å²) in [5, 5.41) is 20.1. The van der Waals surface area contributed by atoms with Gasteiger partial charge in [0.2, 0.25) is 0 Å². The summed E-state index contributed by atoms with van der Waals surface area (Å²) in [5.74, 6) is -0.287. The van der Waals surface area contributed by atoms with Crippen molar-refractivity contribution in [3.05, 3.63) is 30.5 Å². The minimum atomic E-state index is -0.542. The Morgan fingerprint density at radius 2 is 1.59 bits per heavy atom. The Balaban J connectivity index is 3.18. The van der Waals surface area contributed by atoms with Crippen LogP contribution in [-0.2, 0) is 0 Å². The molecule has 90 valence electrons. The molecule has 1 aromatic heterocycles. The van der Waals surface area contributed by atoms with E-state index in [9.17, 15) is 15.0 Å². The summed E-state index contributed by atoms with van der Waals surface area (Å²) in [6.07, 6.45) is 0. The van der Waals surface area contributed by atoms with Crippen LogP contribution in [0.3, 0.4) is 0 Å². The third kappa shape index (κ3) is 1.66. The lowest BCUT2D eigenvalue weighted by Crippen LogP contribution is -2.03. The first-order valence-corrected chi connectivity index (χ1v) is 6.27. The molecule has 0 fully saturated rings. The summed E-state index contributed by atoms with van der Waals surface area (Å²) in [7, 11) is 0. The number of rotatable bonds is 0. The monoisotopic (exact) mass is 362 g/mol. The van der Waals surface area contributed by atoms with E-state index in [0.717, 1.165) is 0 Å².